The number of allylic oxidation sites excluding steroid dienone is 2. The van der Waals surface area contributed by atoms with Gasteiger partial charge in [0, 0.05) is 17.6 Å². The van der Waals surface area contributed by atoms with Crippen molar-refractivity contribution < 1.29 is 0 Å². The van der Waals surface area contributed by atoms with Crippen LogP contribution in [0, 0.1) is 52.3 Å². The number of hydrogen-bond donors (Lipinski definition) is 0. The van der Waals surface area contributed by atoms with E-state index in [0.717, 1.165) is 17.4 Å². The Hall–Kier alpha value is -1.28. The Balaban J connectivity index is 1.90. The van der Waals surface area contributed by atoms with E-state index in [0.29, 0.717) is 17.8 Å². The van der Waals surface area contributed by atoms with E-state index in [1.165, 1.54) is 38.2 Å². The van der Waals surface area contributed by atoms with Gasteiger partial charge in [-0.2, -0.15) is 10.5 Å². The van der Waals surface area contributed by atoms with Crippen LogP contribution in [0.5, 0.6) is 0 Å². The number of rotatable bonds is 1. The summed E-state index contributed by atoms with van der Waals surface area (Å²) in [5.74, 6) is 3.69. The molecule has 4 saturated carbocycles. The van der Waals surface area contributed by atoms with Crippen LogP contribution < -0.4 is 0 Å². The highest BCUT2D eigenvalue weighted by atomic mass is 14.5. The summed E-state index contributed by atoms with van der Waals surface area (Å²) in [4.78, 5) is 0. The van der Waals surface area contributed by atoms with Gasteiger partial charge in [-0.15, -0.1) is 0 Å². The van der Waals surface area contributed by atoms with Gasteiger partial charge in [-0.1, -0.05) is 0 Å². The zero-order valence-electron chi connectivity index (χ0n) is 9.39. The molecule has 2 nitrogen and oxygen atoms in total. The van der Waals surface area contributed by atoms with E-state index in [2.05, 4.69) is 6.07 Å². The smallest absolute Gasteiger partial charge is 0.0957 e. The summed E-state index contributed by atoms with van der Waals surface area (Å²) >= 11 is 0. The number of nitriles is 2. The van der Waals surface area contributed by atoms with E-state index in [4.69, 9.17) is 5.26 Å². The quantitative estimate of drug-likeness (QED) is 0.627. The Labute approximate surface area is 96.6 Å². The molecule has 4 bridgehead atoms. The van der Waals surface area contributed by atoms with Crippen molar-refractivity contribution in [3.05, 3.63) is 11.6 Å². The topological polar surface area (TPSA) is 47.6 Å². The third kappa shape index (κ3) is 1.37. The summed E-state index contributed by atoms with van der Waals surface area (Å²) in [5, 5.41) is 17.9. The molecule has 0 aliphatic heterocycles. The van der Waals surface area contributed by atoms with E-state index in [1.807, 2.05) is 6.07 Å². The first-order chi connectivity index (χ1) is 7.81. The van der Waals surface area contributed by atoms with Crippen molar-refractivity contribution in [3.8, 4) is 12.1 Å². The second-order valence-electron chi connectivity index (χ2n) is 5.80. The van der Waals surface area contributed by atoms with Gasteiger partial charge in [0.25, 0.3) is 0 Å². The molecule has 0 unspecified atom stereocenters. The maximum Gasteiger partial charge on any atom is 0.0957 e. The zero-order valence-corrected chi connectivity index (χ0v) is 9.39. The van der Waals surface area contributed by atoms with Crippen molar-refractivity contribution in [2.24, 2.45) is 29.6 Å². The molecular weight excluding hydrogens is 196 g/mol. The summed E-state index contributed by atoms with van der Waals surface area (Å²) in [6.45, 7) is 0. The minimum atomic E-state index is 0.414. The molecule has 2 heteroatoms. The maximum absolute atomic E-state index is 9.17. The van der Waals surface area contributed by atoms with Crippen LogP contribution in [0.15, 0.2) is 11.6 Å². The molecule has 4 fully saturated rings. The average molecular weight is 212 g/mol. The van der Waals surface area contributed by atoms with Gasteiger partial charge in [0.05, 0.1) is 12.1 Å². The highest BCUT2D eigenvalue weighted by molar-refractivity contribution is 5.32. The average Bonchev–Trinajstić information content (AvgIpc) is 2.26. The fourth-order valence-electron chi connectivity index (χ4n) is 4.71. The van der Waals surface area contributed by atoms with Crippen molar-refractivity contribution in [3.63, 3.8) is 0 Å². The molecule has 16 heavy (non-hydrogen) atoms. The third-order valence-corrected chi connectivity index (χ3v) is 4.94. The van der Waals surface area contributed by atoms with E-state index < -0.39 is 0 Å². The molecule has 4 aliphatic rings. The zero-order chi connectivity index (χ0) is 11.1. The van der Waals surface area contributed by atoms with Gasteiger partial charge >= 0.3 is 0 Å². The molecule has 0 radical (unpaired) electrons. The highest BCUT2D eigenvalue weighted by Crippen LogP contribution is 2.58. The Morgan fingerprint density at radius 1 is 0.938 bits per heavy atom. The van der Waals surface area contributed by atoms with Crippen LogP contribution in [-0.4, -0.2) is 0 Å². The lowest BCUT2D eigenvalue weighted by Crippen LogP contribution is -2.45. The SMILES string of the molecule is N#C/C=C(\C#N)C1C2CC3CC(C2)CC1C3. The van der Waals surface area contributed by atoms with Crippen LogP contribution in [0.4, 0.5) is 0 Å². The molecule has 0 aromatic heterocycles. The second kappa shape index (κ2) is 3.63. The Morgan fingerprint density at radius 2 is 1.50 bits per heavy atom. The normalized spacial score (nSPS) is 45.1. The van der Waals surface area contributed by atoms with Crippen LogP contribution >= 0.6 is 0 Å². The van der Waals surface area contributed by atoms with E-state index >= 15 is 0 Å². The summed E-state index contributed by atoms with van der Waals surface area (Å²) in [5.41, 5.74) is 0.760. The van der Waals surface area contributed by atoms with Gasteiger partial charge in [-0.3, -0.25) is 0 Å². The van der Waals surface area contributed by atoms with Gasteiger partial charge in [0.1, 0.15) is 0 Å². The summed E-state index contributed by atoms with van der Waals surface area (Å²) in [6.07, 6.45) is 8.16. The molecule has 0 saturated heterocycles. The molecule has 4 rings (SSSR count). The van der Waals surface area contributed by atoms with Crippen LogP contribution in [0.2, 0.25) is 0 Å². The van der Waals surface area contributed by atoms with Crippen molar-refractivity contribution >= 4 is 0 Å². The van der Waals surface area contributed by atoms with Gasteiger partial charge in [0.2, 0.25) is 0 Å². The Morgan fingerprint density at radius 3 is 1.94 bits per heavy atom. The fourth-order valence-corrected chi connectivity index (χ4v) is 4.71. The van der Waals surface area contributed by atoms with Crippen LogP contribution in [0.1, 0.15) is 32.1 Å². The van der Waals surface area contributed by atoms with Crippen LogP contribution in [0.25, 0.3) is 0 Å². The molecule has 0 aromatic carbocycles. The standard InChI is InChI=1S/C14H16N2/c15-2-1-11(8-16)14-12-4-9-3-10(6-12)7-13(14)5-9/h1,9-10,12-14H,3-7H2/b11-1+. The molecule has 0 aromatic rings. The summed E-state index contributed by atoms with van der Waals surface area (Å²) in [6, 6.07) is 4.31. The van der Waals surface area contributed by atoms with E-state index in [1.54, 1.807) is 0 Å². The fraction of sp³-hybridized carbons (Fsp3) is 0.714. The molecule has 0 spiro atoms. The molecular formula is C14H16N2. The van der Waals surface area contributed by atoms with Gasteiger partial charge in [0.15, 0.2) is 0 Å². The predicted molar refractivity (Wildman–Crippen MR) is 59.8 cm³/mol. The van der Waals surface area contributed by atoms with Gasteiger partial charge in [-0.05, 0) is 55.8 Å². The van der Waals surface area contributed by atoms with Crippen molar-refractivity contribution in [2.45, 2.75) is 32.1 Å². The second-order valence-corrected chi connectivity index (χ2v) is 5.80. The first kappa shape index (κ1) is 9.91. The van der Waals surface area contributed by atoms with Crippen molar-refractivity contribution in [2.75, 3.05) is 0 Å². The number of nitrogens with zero attached hydrogens (tertiary/aromatic N) is 2. The Kier molecular flexibility index (Phi) is 2.25. The van der Waals surface area contributed by atoms with Crippen molar-refractivity contribution in [1.82, 2.24) is 0 Å². The molecule has 0 heterocycles. The lowest BCUT2D eigenvalue weighted by Gasteiger charge is -2.54. The Bertz CT molecular complexity index is 379. The summed E-state index contributed by atoms with van der Waals surface area (Å²) in [7, 11) is 0. The molecule has 0 amide bonds. The minimum absolute atomic E-state index is 0.414. The van der Waals surface area contributed by atoms with Crippen LogP contribution in [-0.2, 0) is 0 Å². The lowest BCUT2D eigenvalue weighted by atomic mass is 9.50. The van der Waals surface area contributed by atoms with E-state index in [-0.39, 0.29) is 0 Å². The molecule has 4 aliphatic carbocycles. The minimum Gasteiger partial charge on any atom is -0.193 e. The highest BCUT2D eigenvalue weighted by Gasteiger charge is 2.49. The first-order valence-corrected chi connectivity index (χ1v) is 6.31. The number of hydrogen-bond acceptors (Lipinski definition) is 2. The van der Waals surface area contributed by atoms with Gasteiger partial charge < -0.3 is 0 Å². The van der Waals surface area contributed by atoms with Crippen LogP contribution in [0.3, 0.4) is 0 Å². The largest absolute Gasteiger partial charge is 0.193 e. The van der Waals surface area contributed by atoms with Crippen molar-refractivity contribution in [1.29, 1.82) is 10.5 Å². The first-order valence-electron chi connectivity index (χ1n) is 6.31. The molecule has 0 N–H and O–H groups in total. The molecule has 0 atom stereocenters. The monoisotopic (exact) mass is 212 g/mol. The lowest BCUT2D eigenvalue weighted by molar-refractivity contribution is -0.0191. The van der Waals surface area contributed by atoms with Gasteiger partial charge in [-0.25, -0.2) is 0 Å². The predicted octanol–water partition coefficient (Wildman–Crippen LogP) is 3.03. The third-order valence-electron chi connectivity index (χ3n) is 4.94. The maximum atomic E-state index is 9.17. The van der Waals surface area contributed by atoms with E-state index in [9.17, 15) is 5.26 Å². The molecule has 82 valence electrons. The summed E-state index contributed by atoms with van der Waals surface area (Å²) < 4.78 is 0.